The molecule has 4 aromatic rings. The van der Waals surface area contributed by atoms with Gasteiger partial charge in [-0.1, -0.05) is 35.5 Å². The van der Waals surface area contributed by atoms with E-state index in [9.17, 15) is 4.79 Å². The molecule has 36 heavy (non-hydrogen) atoms. The number of pyridine rings is 1. The molecule has 0 bridgehead atoms. The molecule has 7 nitrogen and oxygen atoms in total. The highest BCUT2D eigenvalue weighted by Gasteiger charge is 2.28. The molecule has 3 heterocycles. The summed E-state index contributed by atoms with van der Waals surface area (Å²) < 4.78 is 6.74. The molecule has 0 N–H and O–H groups in total. The highest BCUT2D eigenvalue weighted by atomic mass is 16.5. The van der Waals surface area contributed by atoms with Gasteiger partial charge in [-0.25, -0.2) is 4.79 Å². The molecule has 0 spiro atoms. The van der Waals surface area contributed by atoms with Crippen molar-refractivity contribution in [2.75, 3.05) is 13.7 Å². The molecule has 1 saturated heterocycles. The number of hydrogen-bond donors (Lipinski definition) is 0. The van der Waals surface area contributed by atoms with Crippen LogP contribution in [-0.2, 0) is 6.42 Å². The fraction of sp³-hybridized carbons (Fsp3) is 0.310. The normalized spacial score (nSPS) is 15.6. The number of nitrogens with zero attached hydrogens (tertiary/aromatic N) is 5. The zero-order chi connectivity index (χ0) is 25.1. The lowest BCUT2D eigenvalue weighted by Gasteiger charge is -2.35. The summed E-state index contributed by atoms with van der Waals surface area (Å²) in [6.45, 7) is 4.86. The molecule has 184 valence electrons. The first kappa shape index (κ1) is 23.7. The highest BCUT2D eigenvalue weighted by molar-refractivity contribution is 5.77. The number of benzene rings is 2. The summed E-state index contributed by atoms with van der Waals surface area (Å²) in [7, 11) is 1.67. The van der Waals surface area contributed by atoms with Gasteiger partial charge in [-0.05, 0) is 80.5 Å². The minimum atomic E-state index is -0.122. The number of rotatable bonds is 5. The van der Waals surface area contributed by atoms with Gasteiger partial charge in [0, 0.05) is 29.9 Å². The third kappa shape index (κ3) is 4.87. The molecule has 1 atom stereocenters. The van der Waals surface area contributed by atoms with E-state index in [1.807, 2.05) is 47.4 Å². The van der Waals surface area contributed by atoms with E-state index in [1.54, 1.807) is 19.5 Å². The third-order valence-electron chi connectivity index (χ3n) is 6.93. The first-order valence-electron chi connectivity index (χ1n) is 12.4. The summed E-state index contributed by atoms with van der Waals surface area (Å²) in [4.78, 5) is 20.0. The maximum atomic E-state index is 13.4. The summed E-state index contributed by atoms with van der Waals surface area (Å²) in [5.41, 5.74) is 6.89. The van der Waals surface area contributed by atoms with Crippen LogP contribution in [0.25, 0.3) is 22.5 Å². The van der Waals surface area contributed by atoms with Gasteiger partial charge in [-0.2, -0.15) is 4.68 Å². The topological polar surface area (TPSA) is 73.1 Å². The Morgan fingerprint density at radius 1 is 1.03 bits per heavy atom. The lowest BCUT2D eigenvalue weighted by Crippen LogP contribution is -2.46. The zero-order valence-electron chi connectivity index (χ0n) is 21.0. The van der Waals surface area contributed by atoms with Crippen LogP contribution in [0.1, 0.15) is 36.0 Å². The van der Waals surface area contributed by atoms with Crippen LogP contribution in [0.3, 0.4) is 0 Å². The van der Waals surface area contributed by atoms with Gasteiger partial charge in [0.05, 0.1) is 19.0 Å². The first-order chi connectivity index (χ1) is 17.5. The Morgan fingerprint density at radius 2 is 1.81 bits per heavy atom. The van der Waals surface area contributed by atoms with Crippen molar-refractivity contribution in [3.63, 3.8) is 0 Å². The summed E-state index contributed by atoms with van der Waals surface area (Å²) in [6.07, 6.45) is 7.48. The van der Waals surface area contributed by atoms with Gasteiger partial charge in [0.25, 0.3) is 0 Å². The smallest absolute Gasteiger partial charge is 0.346 e. The molecule has 0 radical (unpaired) electrons. The molecule has 2 aromatic carbocycles. The standard InChI is InChI=1S/C29H31N5O2/c1-20-15-25(36-3)16-21(2)28(20)26-13-12-23(18-30-26)27-19-34(32-31-27)29(35)33-14-8-7-11-24(33)17-22-9-5-4-6-10-22/h4-6,9-10,12-13,15-16,18-19,24H,7-8,11,14,17H2,1-3H3. The molecule has 0 aliphatic carbocycles. The number of ether oxygens (including phenoxy) is 1. The molecule has 2 aromatic heterocycles. The van der Waals surface area contributed by atoms with Crippen LogP contribution < -0.4 is 4.74 Å². The molecule has 1 fully saturated rings. The fourth-order valence-electron chi connectivity index (χ4n) is 5.11. The number of likely N-dealkylation sites (tertiary alicyclic amines) is 1. The first-order valence-corrected chi connectivity index (χ1v) is 12.4. The van der Waals surface area contributed by atoms with Crippen LogP contribution in [0.15, 0.2) is 67.0 Å². The van der Waals surface area contributed by atoms with E-state index in [0.29, 0.717) is 5.69 Å². The zero-order valence-corrected chi connectivity index (χ0v) is 21.0. The van der Waals surface area contributed by atoms with E-state index in [0.717, 1.165) is 65.9 Å². The van der Waals surface area contributed by atoms with Crippen molar-refractivity contribution >= 4 is 6.03 Å². The lowest BCUT2D eigenvalue weighted by atomic mass is 9.96. The number of piperidine rings is 1. The molecule has 1 amide bonds. The highest BCUT2D eigenvalue weighted by Crippen LogP contribution is 2.30. The molecular formula is C29H31N5O2. The quantitative estimate of drug-likeness (QED) is 0.366. The average Bonchev–Trinajstić information content (AvgIpc) is 3.39. The van der Waals surface area contributed by atoms with Crippen molar-refractivity contribution in [2.24, 2.45) is 0 Å². The average molecular weight is 482 g/mol. The number of aromatic nitrogens is 4. The molecule has 5 rings (SSSR count). The van der Waals surface area contributed by atoms with E-state index in [-0.39, 0.29) is 12.1 Å². The second-order valence-corrected chi connectivity index (χ2v) is 9.43. The van der Waals surface area contributed by atoms with E-state index in [2.05, 4.69) is 36.3 Å². The third-order valence-corrected chi connectivity index (χ3v) is 6.93. The van der Waals surface area contributed by atoms with Gasteiger partial charge in [0.1, 0.15) is 11.4 Å². The van der Waals surface area contributed by atoms with E-state index < -0.39 is 0 Å². The van der Waals surface area contributed by atoms with Gasteiger partial charge in [-0.15, -0.1) is 5.10 Å². The predicted octanol–water partition coefficient (Wildman–Crippen LogP) is 5.70. The van der Waals surface area contributed by atoms with Gasteiger partial charge < -0.3 is 9.64 Å². The molecule has 1 unspecified atom stereocenters. The second kappa shape index (κ2) is 10.3. The van der Waals surface area contributed by atoms with Crippen LogP contribution >= 0.6 is 0 Å². The SMILES string of the molecule is COc1cc(C)c(-c2ccc(-c3cn(C(=O)N4CCCCC4Cc4ccccc4)nn3)cn2)c(C)c1. The van der Waals surface area contributed by atoms with Crippen molar-refractivity contribution in [1.29, 1.82) is 0 Å². The van der Waals surface area contributed by atoms with E-state index in [1.165, 1.54) is 10.2 Å². The summed E-state index contributed by atoms with van der Waals surface area (Å²) in [6, 6.07) is 18.4. The van der Waals surface area contributed by atoms with E-state index >= 15 is 0 Å². The number of hydrogen-bond acceptors (Lipinski definition) is 5. The lowest BCUT2D eigenvalue weighted by molar-refractivity contribution is 0.149. The predicted molar refractivity (Wildman–Crippen MR) is 140 cm³/mol. The maximum absolute atomic E-state index is 13.4. The Labute approximate surface area is 211 Å². The Bertz CT molecular complexity index is 1320. The van der Waals surface area contributed by atoms with Crippen molar-refractivity contribution < 1.29 is 9.53 Å². The van der Waals surface area contributed by atoms with Crippen LogP contribution in [0.4, 0.5) is 4.79 Å². The van der Waals surface area contributed by atoms with Crippen molar-refractivity contribution in [1.82, 2.24) is 24.9 Å². The molecule has 1 aliphatic heterocycles. The summed E-state index contributed by atoms with van der Waals surface area (Å²) >= 11 is 0. The fourth-order valence-corrected chi connectivity index (χ4v) is 5.11. The Balaban J connectivity index is 1.34. The number of amides is 1. The maximum Gasteiger partial charge on any atom is 0.346 e. The molecule has 0 saturated carbocycles. The number of aryl methyl sites for hydroxylation is 2. The Hall–Kier alpha value is -4.00. The molecule has 7 heteroatoms. The summed E-state index contributed by atoms with van der Waals surface area (Å²) in [5, 5.41) is 8.45. The minimum absolute atomic E-state index is 0.122. The van der Waals surface area contributed by atoms with Crippen LogP contribution in [-0.4, -0.2) is 50.6 Å². The molecular weight excluding hydrogens is 450 g/mol. The molecule has 1 aliphatic rings. The van der Waals surface area contributed by atoms with Crippen LogP contribution in [0.5, 0.6) is 5.75 Å². The van der Waals surface area contributed by atoms with Gasteiger partial charge >= 0.3 is 6.03 Å². The van der Waals surface area contributed by atoms with Crippen molar-refractivity contribution in [2.45, 2.75) is 45.6 Å². The number of carbonyl (C=O) groups is 1. The van der Waals surface area contributed by atoms with E-state index in [4.69, 9.17) is 9.72 Å². The van der Waals surface area contributed by atoms with Crippen LogP contribution in [0, 0.1) is 13.8 Å². The van der Waals surface area contributed by atoms with Crippen LogP contribution in [0.2, 0.25) is 0 Å². The monoisotopic (exact) mass is 481 g/mol. The Morgan fingerprint density at radius 3 is 2.50 bits per heavy atom. The van der Waals surface area contributed by atoms with Gasteiger partial charge in [0.2, 0.25) is 0 Å². The number of carbonyl (C=O) groups excluding carboxylic acids is 1. The van der Waals surface area contributed by atoms with Crippen molar-refractivity contribution in [3.05, 3.63) is 83.7 Å². The minimum Gasteiger partial charge on any atom is -0.497 e. The van der Waals surface area contributed by atoms with Gasteiger partial charge in [0.15, 0.2) is 0 Å². The Kier molecular flexibility index (Phi) is 6.80. The van der Waals surface area contributed by atoms with Crippen molar-refractivity contribution in [3.8, 4) is 28.3 Å². The second-order valence-electron chi connectivity index (χ2n) is 9.43. The number of methoxy groups -OCH3 is 1. The largest absolute Gasteiger partial charge is 0.497 e. The summed E-state index contributed by atoms with van der Waals surface area (Å²) in [5.74, 6) is 0.839. The van der Waals surface area contributed by atoms with Gasteiger partial charge in [-0.3, -0.25) is 4.98 Å².